The van der Waals surface area contributed by atoms with Crippen molar-refractivity contribution in [2.75, 3.05) is 22.8 Å². The molecule has 6 heteroatoms. The summed E-state index contributed by atoms with van der Waals surface area (Å²) < 4.78 is 24.7. The number of hydrogen-bond donors (Lipinski definition) is 3. The second-order valence-corrected chi connectivity index (χ2v) is 6.88. The molecular formula is C13H21N3O2S. The standard InChI is InChI=1S/C13H21N3O2S/c1-19(17,18)16-12-7-5-11(6-8-12)15-13-4-2-3-10(13)9-14/h5-8,10,13,15-16H,2-4,9,14H2,1H3. The van der Waals surface area contributed by atoms with E-state index in [0.29, 0.717) is 24.2 Å². The van der Waals surface area contributed by atoms with E-state index >= 15 is 0 Å². The summed E-state index contributed by atoms with van der Waals surface area (Å²) in [4.78, 5) is 0. The quantitative estimate of drug-likeness (QED) is 0.766. The van der Waals surface area contributed by atoms with Gasteiger partial charge in [0.15, 0.2) is 0 Å². The first-order valence-corrected chi connectivity index (χ1v) is 8.41. The Labute approximate surface area is 114 Å². The normalized spacial score (nSPS) is 23.3. The summed E-state index contributed by atoms with van der Waals surface area (Å²) in [6, 6.07) is 7.73. The summed E-state index contributed by atoms with van der Waals surface area (Å²) in [5, 5.41) is 3.47. The molecule has 106 valence electrons. The van der Waals surface area contributed by atoms with Crippen LogP contribution in [0.25, 0.3) is 0 Å². The molecule has 0 heterocycles. The predicted octanol–water partition coefficient (Wildman–Crippen LogP) is 1.60. The van der Waals surface area contributed by atoms with Gasteiger partial charge in [-0.1, -0.05) is 6.42 Å². The molecule has 1 saturated carbocycles. The van der Waals surface area contributed by atoms with Gasteiger partial charge in [-0.3, -0.25) is 4.72 Å². The molecule has 2 unspecified atom stereocenters. The average Bonchev–Trinajstić information content (AvgIpc) is 2.77. The van der Waals surface area contributed by atoms with Gasteiger partial charge in [-0.2, -0.15) is 0 Å². The van der Waals surface area contributed by atoms with Crippen LogP contribution >= 0.6 is 0 Å². The number of anilines is 2. The van der Waals surface area contributed by atoms with Crippen LogP contribution in [0.5, 0.6) is 0 Å². The third-order valence-electron chi connectivity index (χ3n) is 3.50. The van der Waals surface area contributed by atoms with Crippen LogP contribution in [0.1, 0.15) is 19.3 Å². The van der Waals surface area contributed by atoms with E-state index in [1.54, 1.807) is 12.1 Å². The number of nitrogens with one attached hydrogen (secondary N) is 2. The predicted molar refractivity (Wildman–Crippen MR) is 78.7 cm³/mol. The fraction of sp³-hybridized carbons (Fsp3) is 0.538. The SMILES string of the molecule is CS(=O)(=O)Nc1ccc(NC2CCCC2CN)cc1. The summed E-state index contributed by atoms with van der Waals surface area (Å²) in [6.07, 6.45) is 4.68. The van der Waals surface area contributed by atoms with Crippen molar-refractivity contribution in [3.8, 4) is 0 Å². The smallest absolute Gasteiger partial charge is 0.229 e. The molecule has 19 heavy (non-hydrogen) atoms. The lowest BCUT2D eigenvalue weighted by Crippen LogP contribution is -2.29. The lowest BCUT2D eigenvalue weighted by Gasteiger charge is -2.20. The summed E-state index contributed by atoms with van der Waals surface area (Å²) in [5.74, 6) is 0.536. The largest absolute Gasteiger partial charge is 0.382 e. The Balaban J connectivity index is 1.99. The van der Waals surface area contributed by atoms with Crippen molar-refractivity contribution in [1.82, 2.24) is 0 Å². The van der Waals surface area contributed by atoms with Crippen LogP contribution in [-0.4, -0.2) is 27.3 Å². The molecule has 0 spiro atoms. The molecule has 0 aromatic heterocycles. The molecule has 1 aromatic carbocycles. The lowest BCUT2D eigenvalue weighted by molar-refractivity contribution is 0.516. The van der Waals surface area contributed by atoms with Gasteiger partial charge in [0, 0.05) is 17.4 Å². The van der Waals surface area contributed by atoms with E-state index in [1.807, 2.05) is 12.1 Å². The van der Waals surface area contributed by atoms with Gasteiger partial charge in [0.2, 0.25) is 10.0 Å². The third-order valence-corrected chi connectivity index (χ3v) is 4.11. The molecular weight excluding hydrogens is 262 g/mol. The van der Waals surface area contributed by atoms with Crippen LogP contribution < -0.4 is 15.8 Å². The molecule has 2 atom stereocenters. The minimum Gasteiger partial charge on any atom is -0.382 e. The van der Waals surface area contributed by atoms with Gasteiger partial charge in [0.25, 0.3) is 0 Å². The zero-order valence-electron chi connectivity index (χ0n) is 11.1. The third kappa shape index (κ3) is 4.11. The highest BCUT2D eigenvalue weighted by atomic mass is 32.2. The Morgan fingerprint density at radius 1 is 1.21 bits per heavy atom. The van der Waals surface area contributed by atoms with Crippen molar-refractivity contribution in [3.05, 3.63) is 24.3 Å². The number of nitrogens with two attached hydrogens (primary N) is 1. The Kier molecular flexibility index (Phi) is 4.31. The van der Waals surface area contributed by atoms with Gasteiger partial charge in [0.1, 0.15) is 0 Å². The maximum Gasteiger partial charge on any atom is 0.229 e. The molecule has 0 radical (unpaired) electrons. The van der Waals surface area contributed by atoms with Crippen molar-refractivity contribution in [2.24, 2.45) is 11.7 Å². The molecule has 0 aliphatic heterocycles. The van der Waals surface area contributed by atoms with E-state index in [0.717, 1.165) is 18.4 Å². The molecule has 1 aliphatic carbocycles. The minimum atomic E-state index is -3.21. The van der Waals surface area contributed by atoms with Crippen LogP contribution in [0.4, 0.5) is 11.4 Å². The Morgan fingerprint density at radius 2 is 1.84 bits per heavy atom. The number of sulfonamides is 1. The lowest BCUT2D eigenvalue weighted by atomic mass is 10.0. The summed E-state index contributed by atoms with van der Waals surface area (Å²) >= 11 is 0. The maximum atomic E-state index is 11.1. The Hall–Kier alpha value is -1.27. The first-order chi connectivity index (χ1) is 8.98. The molecule has 4 N–H and O–H groups in total. The minimum absolute atomic E-state index is 0.429. The topological polar surface area (TPSA) is 84.2 Å². The molecule has 1 aliphatic rings. The van der Waals surface area contributed by atoms with E-state index in [4.69, 9.17) is 5.73 Å². The van der Waals surface area contributed by atoms with Gasteiger partial charge < -0.3 is 11.1 Å². The highest BCUT2D eigenvalue weighted by Gasteiger charge is 2.25. The van der Waals surface area contributed by atoms with Crippen molar-refractivity contribution >= 4 is 21.4 Å². The zero-order valence-corrected chi connectivity index (χ0v) is 11.9. The van der Waals surface area contributed by atoms with Crippen LogP contribution in [0, 0.1) is 5.92 Å². The van der Waals surface area contributed by atoms with Gasteiger partial charge in [0.05, 0.1) is 6.26 Å². The van der Waals surface area contributed by atoms with Gasteiger partial charge in [-0.05, 0) is 49.6 Å². The number of hydrogen-bond acceptors (Lipinski definition) is 4. The molecule has 5 nitrogen and oxygen atoms in total. The molecule has 0 amide bonds. The molecule has 2 rings (SSSR count). The van der Waals surface area contributed by atoms with E-state index in [9.17, 15) is 8.42 Å². The van der Waals surface area contributed by atoms with Gasteiger partial charge >= 0.3 is 0 Å². The van der Waals surface area contributed by atoms with Gasteiger partial charge in [-0.15, -0.1) is 0 Å². The summed E-state index contributed by atoms with van der Waals surface area (Å²) in [5.41, 5.74) is 7.34. The van der Waals surface area contributed by atoms with Crippen LogP contribution in [0.3, 0.4) is 0 Å². The van der Waals surface area contributed by atoms with E-state index in [-0.39, 0.29) is 0 Å². The first-order valence-electron chi connectivity index (χ1n) is 6.52. The Bertz CT molecular complexity index is 513. The molecule has 0 bridgehead atoms. The van der Waals surface area contributed by atoms with Crippen LogP contribution in [-0.2, 0) is 10.0 Å². The zero-order chi connectivity index (χ0) is 13.9. The van der Waals surface area contributed by atoms with Crippen molar-refractivity contribution in [2.45, 2.75) is 25.3 Å². The fourth-order valence-corrected chi connectivity index (χ4v) is 3.14. The second kappa shape index (κ2) is 5.79. The maximum absolute atomic E-state index is 11.1. The molecule has 1 aromatic rings. The van der Waals surface area contributed by atoms with Crippen LogP contribution in [0.15, 0.2) is 24.3 Å². The second-order valence-electron chi connectivity index (χ2n) is 5.13. The van der Waals surface area contributed by atoms with Crippen molar-refractivity contribution in [3.63, 3.8) is 0 Å². The monoisotopic (exact) mass is 283 g/mol. The van der Waals surface area contributed by atoms with E-state index in [2.05, 4.69) is 10.0 Å². The fourth-order valence-electron chi connectivity index (χ4n) is 2.57. The highest BCUT2D eigenvalue weighted by Crippen LogP contribution is 2.28. The highest BCUT2D eigenvalue weighted by molar-refractivity contribution is 7.92. The van der Waals surface area contributed by atoms with Gasteiger partial charge in [-0.25, -0.2) is 8.42 Å². The van der Waals surface area contributed by atoms with E-state index < -0.39 is 10.0 Å². The number of benzene rings is 1. The van der Waals surface area contributed by atoms with Crippen LogP contribution in [0.2, 0.25) is 0 Å². The summed E-state index contributed by atoms with van der Waals surface area (Å²) in [7, 11) is -3.21. The van der Waals surface area contributed by atoms with E-state index in [1.165, 1.54) is 12.8 Å². The first kappa shape index (κ1) is 14.1. The average molecular weight is 283 g/mol. The molecule has 0 saturated heterocycles. The van der Waals surface area contributed by atoms with Crippen molar-refractivity contribution in [1.29, 1.82) is 0 Å². The molecule has 1 fully saturated rings. The van der Waals surface area contributed by atoms with Crippen molar-refractivity contribution < 1.29 is 8.42 Å². The Morgan fingerprint density at radius 3 is 2.42 bits per heavy atom. The number of rotatable bonds is 5. The summed E-state index contributed by atoms with van der Waals surface area (Å²) in [6.45, 7) is 0.714.